The fourth-order valence-electron chi connectivity index (χ4n) is 6.82. The van der Waals surface area contributed by atoms with Crippen LogP contribution in [0.5, 0.6) is 0 Å². The molecule has 0 aromatic carbocycles. The van der Waals surface area contributed by atoms with Gasteiger partial charge in [-0.3, -0.25) is 0 Å². The summed E-state index contributed by atoms with van der Waals surface area (Å²) in [7, 11) is 0. The minimum atomic E-state index is 0.506. The molecule has 0 bridgehead atoms. The summed E-state index contributed by atoms with van der Waals surface area (Å²) in [4.78, 5) is 0. The number of hydrogen-bond donors (Lipinski definition) is 0. The molecule has 0 spiro atoms. The van der Waals surface area contributed by atoms with Gasteiger partial charge < -0.3 is 0 Å². The third-order valence-corrected chi connectivity index (χ3v) is 8.66. The first-order valence-electron chi connectivity index (χ1n) is 12.5. The van der Waals surface area contributed by atoms with Gasteiger partial charge in [-0.2, -0.15) is 0 Å². The Morgan fingerprint density at radius 2 is 1.76 bits per heavy atom. The lowest BCUT2D eigenvalue weighted by Gasteiger charge is -2.44. The van der Waals surface area contributed by atoms with Crippen LogP contribution in [0.15, 0.2) is 47.6 Å². The minimum Gasteiger partial charge on any atom is -0.0993 e. The molecule has 0 heterocycles. The van der Waals surface area contributed by atoms with E-state index in [0.29, 0.717) is 23.2 Å². The van der Waals surface area contributed by atoms with E-state index in [-0.39, 0.29) is 0 Å². The smallest absolute Gasteiger partial charge is 0.0143 e. The van der Waals surface area contributed by atoms with Gasteiger partial charge in [-0.15, -0.1) is 0 Å². The van der Waals surface area contributed by atoms with E-state index in [1.165, 1.54) is 56.9 Å². The van der Waals surface area contributed by atoms with Crippen molar-refractivity contribution in [2.45, 2.75) is 92.9 Å². The number of rotatable bonds is 5. The van der Waals surface area contributed by atoms with E-state index in [1.807, 2.05) is 0 Å². The van der Waals surface area contributed by atoms with Crippen LogP contribution in [0, 0.1) is 40.9 Å². The maximum atomic E-state index is 4.32. The lowest BCUT2D eigenvalue weighted by Crippen LogP contribution is -2.35. The highest BCUT2D eigenvalue weighted by Gasteiger charge is 2.50. The fraction of sp³-hybridized carbons (Fsp3) is 0.724. The summed E-state index contributed by atoms with van der Waals surface area (Å²) in [5.41, 5.74) is 5.37. The van der Waals surface area contributed by atoms with Gasteiger partial charge in [0.25, 0.3) is 0 Å². The minimum absolute atomic E-state index is 0.506. The standard InChI is InChI=1S/C29H46/c1-20(2)10-8-11-21(3)27-15-16-28-26(12-9-17-29(27,28)7)14-13-25-18-22(4)24(6)23(5)19-25/h8,11,13-14,20-23,27-28H,6,9-10,12,15-19H2,1-5,7H3. The van der Waals surface area contributed by atoms with E-state index in [9.17, 15) is 0 Å². The van der Waals surface area contributed by atoms with Crippen LogP contribution in [0.3, 0.4) is 0 Å². The molecule has 0 heteroatoms. The van der Waals surface area contributed by atoms with Gasteiger partial charge in [-0.05, 0) is 92.3 Å². The molecule has 0 saturated heterocycles. The molecule has 29 heavy (non-hydrogen) atoms. The molecule has 3 fully saturated rings. The summed E-state index contributed by atoms with van der Waals surface area (Å²) in [5, 5.41) is 0. The fourth-order valence-corrected chi connectivity index (χ4v) is 6.82. The van der Waals surface area contributed by atoms with Crippen molar-refractivity contribution in [3.05, 3.63) is 47.6 Å². The molecule has 6 atom stereocenters. The summed E-state index contributed by atoms with van der Waals surface area (Å²) in [6.45, 7) is 18.8. The van der Waals surface area contributed by atoms with Crippen molar-refractivity contribution < 1.29 is 0 Å². The highest BCUT2D eigenvalue weighted by Crippen LogP contribution is 2.59. The van der Waals surface area contributed by atoms with Crippen molar-refractivity contribution in [1.82, 2.24) is 0 Å². The Kier molecular flexibility index (Phi) is 7.34. The topological polar surface area (TPSA) is 0 Å². The molecular formula is C29H46. The van der Waals surface area contributed by atoms with E-state index in [1.54, 1.807) is 11.1 Å². The molecule has 0 amide bonds. The lowest BCUT2D eigenvalue weighted by molar-refractivity contribution is 0.112. The van der Waals surface area contributed by atoms with Crippen LogP contribution in [0.2, 0.25) is 0 Å². The first kappa shape index (κ1) is 22.6. The van der Waals surface area contributed by atoms with Crippen LogP contribution in [0.1, 0.15) is 92.9 Å². The highest BCUT2D eigenvalue weighted by molar-refractivity contribution is 5.28. The van der Waals surface area contributed by atoms with Crippen LogP contribution in [-0.4, -0.2) is 0 Å². The average molecular weight is 395 g/mol. The van der Waals surface area contributed by atoms with Crippen LogP contribution in [0.25, 0.3) is 0 Å². The third-order valence-electron chi connectivity index (χ3n) is 8.66. The Morgan fingerprint density at radius 3 is 2.41 bits per heavy atom. The molecule has 0 nitrogen and oxygen atoms in total. The van der Waals surface area contributed by atoms with Gasteiger partial charge in [0.1, 0.15) is 0 Å². The zero-order valence-corrected chi connectivity index (χ0v) is 20.1. The Morgan fingerprint density at radius 1 is 1.07 bits per heavy atom. The highest BCUT2D eigenvalue weighted by atomic mass is 14.5. The second-order valence-corrected chi connectivity index (χ2v) is 11.4. The Bertz CT molecular complexity index is 656. The summed E-state index contributed by atoms with van der Waals surface area (Å²) in [5.74, 6) is 4.44. The molecule has 3 aliphatic carbocycles. The van der Waals surface area contributed by atoms with E-state index in [0.717, 1.165) is 17.8 Å². The third kappa shape index (κ3) is 5.00. The Hall–Kier alpha value is -1.04. The summed E-state index contributed by atoms with van der Waals surface area (Å²) in [6, 6.07) is 0. The predicted molar refractivity (Wildman–Crippen MR) is 129 cm³/mol. The van der Waals surface area contributed by atoms with E-state index in [2.05, 4.69) is 72.4 Å². The molecule has 3 rings (SSSR count). The van der Waals surface area contributed by atoms with E-state index < -0.39 is 0 Å². The summed E-state index contributed by atoms with van der Waals surface area (Å²) < 4.78 is 0. The molecule has 0 N–H and O–H groups in total. The SMILES string of the molecule is C=C1C(C)CC(=CC=C2CCCC3(C)C2CCC3C(C)C=CCC(C)C)CC1C. The van der Waals surface area contributed by atoms with Gasteiger partial charge in [0, 0.05) is 0 Å². The van der Waals surface area contributed by atoms with Crippen molar-refractivity contribution >= 4 is 0 Å². The van der Waals surface area contributed by atoms with E-state index >= 15 is 0 Å². The van der Waals surface area contributed by atoms with Gasteiger partial charge >= 0.3 is 0 Å². The van der Waals surface area contributed by atoms with Crippen molar-refractivity contribution in [2.24, 2.45) is 40.9 Å². The Labute approximate surface area is 181 Å². The quantitative estimate of drug-likeness (QED) is 0.408. The number of allylic oxidation sites excluding steroid dienone is 7. The maximum absolute atomic E-state index is 4.32. The second kappa shape index (κ2) is 9.40. The molecule has 6 unspecified atom stereocenters. The molecule has 0 aromatic rings. The van der Waals surface area contributed by atoms with Crippen LogP contribution < -0.4 is 0 Å². The zero-order valence-electron chi connectivity index (χ0n) is 20.1. The molecule has 0 aliphatic heterocycles. The molecular weight excluding hydrogens is 348 g/mol. The number of hydrogen-bond acceptors (Lipinski definition) is 0. The van der Waals surface area contributed by atoms with Gasteiger partial charge in [0.05, 0.1) is 0 Å². The van der Waals surface area contributed by atoms with Gasteiger partial charge in [0.2, 0.25) is 0 Å². The van der Waals surface area contributed by atoms with Crippen LogP contribution in [0.4, 0.5) is 0 Å². The normalized spacial score (nSPS) is 38.1. The van der Waals surface area contributed by atoms with Crippen molar-refractivity contribution in [2.75, 3.05) is 0 Å². The largest absolute Gasteiger partial charge is 0.0993 e. The first-order valence-corrected chi connectivity index (χ1v) is 12.5. The Balaban J connectivity index is 1.72. The maximum Gasteiger partial charge on any atom is -0.0143 e. The molecule has 162 valence electrons. The van der Waals surface area contributed by atoms with Gasteiger partial charge in [-0.1, -0.05) is 89.1 Å². The van der Waals surface area contributed by atoms with Gasteiger partial charge in [-0.25, -0.2) is 0 Å². The second-order valence-electron chi connectivity index (χ2n) is 11.4. The van der Waals surface area contributed by atoms with Crippen LogP contribution >= 0.6 is 0 Å². The van der Waals surface area contributed by atoms with E-state index in [4.69, 9.17) is 0 Å². The van der Waals surface area contributed by atoms with Gasteiger partial charge in [0.15, 0.2) is 0 Å². The predicted octanol–water partition coefficient (Wildman–Crippen LogP) is 8.92. The van der Waals surface area contributed by atoms with Crippen LogP contribution in [-0.2, 0) is 0 Å². The lowest BCUT2D eigenvalue weighted by atomic mass is 9.61. The monoisotopic (exact) mass is 394 g/mol. The van der Waals surface area contributed by atoms with Crippen molar-refractivity contribution in [3.8, 4) is 0 Å². The summed E-state index contributed by atoms with van der Waals surface area (Å²) in [6.07, 6.45) is 20.7. The first-order chi connectivity index (χ1) is 13.7. The van der Waals surface area contributed by atoms with Crippen molar-refractivity contribution in [1.29, 1.82) is 0 Å². The zero-order chi connectivity index (χ0) is 21.2. The number of fused-ring (bicyclic) bond motifs is 1. The molecule has 3 saturated carbocycles. The molecule has 0 radical (unpaired) electrons. The molecule has 0 aromatic heterocycles. The van der Waals surface area contributed by atoms with Crippen molar-refractivity contribution in [3.63, 3.8) is 0 Å². The average Bonchev–Trinajstić information content (AvgIpc) is 3.01. The molecule has 3 aliphatic rings. The summed E-state index contributed by atoms with van der Waals surface area (Å²) >= 11 is 0.